The summed E-state index contributed by atoms with van der Waals surface area (Å²) in [5.74, 6) is 0.818. The van der Waals surface area contributed by atoms with Crippen molar-refractivity contribution in [1.29, 1.82) is 0 Å². The van der Waals surface area contributed by atoms with Crippen LogP contribution in [0.3, 0.4) is 0 Å². The average Bonchev–Trinajstić information content (AvgIpc) is 2.52. The maximum Gasteiger partial charge on any atom is 0.251 e. The van der Waals surface area contributed by atoms with Gasteiger partial charge in [-0.3, -0.25) is 9.00 Å². The van der Waals surface area contributed by atoms with E-state index in [0.29, 0.717) is 23.7 Å². The number of carbonyl (C=O) groups is 1. The van der Waals surface area contributed by atoms with Crippen molar-refractivity contribution >= 4 is 16.7 Å². The first-order chi connectivity index (χ1) is 10.6. The molecule has 1 aromatic heterocycles. The zero-order valence-corrected chi connectivity index (χ0v) is 13.4. The zero-order valence-electron chi connectivity index (χ0n) is 12.5. The minimum atomic E-state index is -0.927. The summed E-state index contributed by atoms with van der Waals surface area (Å²) in [5.41, 5.74) is 2.34. The summed E-state index contributed by atoms with van der Waals surface area (Å²) in [4.78, 5) is 16.2. The van der Waals surface area contributed by atoms with Gasteiger partial charge >= 0.3 is 0 Å². The lowest BCUT2D eigenvalue weighted by Crippen LogP contribution is -2.23. The Bertz CT molecular complexity index is 671. The molecule has 0 bridgehead atoms. The SMILES string of the molecule is COc1ccc(CNC(=O)c2cccc(C[S@@](C)=O)c2)cn1. The third-order valence-electron chi connectivity index (χ3n) is 3.02. The van der Waals surface area contributed by atoms with Crippen LogP contribution in [-0.4, -0.2) is 28.5 Å². The van der Waals surface area contributed by atoms with E-state index in [1.807, 2.05) is 12.1 Å². The van der Waals surface area contributed by atoms with Gasteiger partial charge in [0.2, 0.25) is 5.88 Å². The van der Waals surface area contributed by atoms with Gasteiger partial charge in [0.15, 0.2) is 0 Å². The summed E-state index contributed by atoms with van der Waals surface area (Å²) in [6, 6.07) is 10.8. The minimum absolute atomic E-state index is 0.167. The second-order valence-electron chi connectivity index (χ2n) is 4.81. The number of hydrogen-bond acceptors (Lipinski definition) is 4. The molecule has 0 fully saturated rings. The van der Waals surface area contributed by atoms with Crippen molar-refractivity contribution in [3.05, 3.63) is 59.3 Å². The van der Waals surface area contributed by atoms with Gasteiger partial charge in [0.1, 0.15) is 0 Å². The molecule has 0 spiro atoms. The molecule has 2 aromatic rings. The molecule has 116 valence electrons. The minimum Gasteiger partial charge on any atom is -0.481 e. The fourth-order valence-electron chi connectivity index (χ4n) is 1.96. The molecule has 1 N–H and O–H groups in total. The van der Waals surface area contributed by atoms with Crippen LogP contribution in [0.1, 0.15) is 21.5 Å². The number of rotatable bonds is 6. The maximum absolute atomic E-state index is 12.1. The van der Waals surface area contributed by atoms with Crippen LogP contribution in [0.2, 0.25) is 0 Å². The van der Waals surface area contributed by atoms with E-state index in [9.17, 15) is 9.00 Å². The molecule has 1 aromatic carbocycles. The molecule has 22 heavy (non-hydrogen) atoms. The highest BCUT2D eigenvalue weighted by Gasteiger charge is 2.07. The molecule has 0 aliphatic carbocycles. The number of carbonyl (C=O) groups excluding carboxylic acids is 1. The van der Waals surface area contributed by atoms with Gasteiger partial charge in [-0.15, -0.1) is 0 Å². The van der Waals surface area contributed by atoms with E-state index in [4.69, 9.17) is 4.74 Å². The molecule has 1 amide bonds. The second-order valence-corrected chi connectivity index (χ2v) is 6.24. The highest BCUT2D eigenvalue weighted by molar-refractivity contribution is 7.83. The summed E-state index contributed by atoms with van der Waals surface area (Å²) in [5, 5.41) is 2.84. The van der Waals surface area contributed by atoms with Crippen LogP contribution in [-0.2, 0) is 23.1 Å². The van der Waals surface area contributed by atoms with Gasteiger partial charge < -0.3 is 10.1 Å². The number of hydrogen-bond donors (Lipinski definition) is 1. The topological polar surface area (TPSA) is 68.3 Å². The number of amides is 1. The third-order valence-corrected chi connectivity index (χ3v) is 3.76. The highest BCUT2D eigenvalue weighted by atomic mass is 32.2. The number of ether oxygens (including phenoxy) is 1. The van der Waals surface area contributed by atoms with Crippen LogP contribution in [0.15, 0.2) is 42.6 Å². The summed E-state index contributed by atoms with van der Waals surface area (Å²) in [6.07, 6.45) is 3.30. The Balaban J connectivity index is 1.97. The fourth-order valence-corrected chi connectivity index (χ4v) is 2.61. The number of nitrogens with one attached hydrogen (secondary N) is 1. The summed E-state index contributed by atoms with van der Waals surface area (Å²) in [7, 11) is 0.629. The van der Waals surface area contributed by atoms with E-state index in [1.165, 1.54) is 0 Å². The van der Waals surface area contributed by atoms with Crippen molar-refractivity contribution in [2.45, 2.75) is 12.3 Å². The first-order valence-electron chi connectivity index (χ1n) is 6.74. The predicted molar refractivity (Wildman–Crippen MR) is 86.2 cm³/mol. The smallest absolute Gasteiger partial charge is 0.251 e. The van der Waals surface area contributed by atoms with Crippen LogP contribution in [0, 0.1) is 0 Å². The Morgan fingerprint density at radius 2 is 2.09 bits per heavy atom. The van der Waals surface area contributed by atoms with Gasteiger partial charge in [0.25, 0.3) is 5.91 Å². The molecule has 1 heterocycles. The fraction of sp³-hybridized carbons (Fsp3) is 0.250. The summed E-state index contributed by atoms with van der Waals surface area (Å²) >= 11 is 0. The molecule has 0 saturated heterocycles. The Morgan fingerprint density at radius 3 is 2.73 bits per heavy atom. The average molecular weight is 318 g/mol. The number of methoxy groups -OCH3 is 1. The van der Waals surface area contributed by atoms with Gasteiger partial charge in [-0.1, -0.05) is 18.2 Å². The Labute approximate surface area is 132 Å². The van der Waals surface area contributed by atoms with Crippen LogP contribution < -0.4 is 10.1 Å². The van der Waals surface area contributed by atoms with Crippen LogP contribution >= 0.6 is 0 Å². The quantitative estimate of drug-likeness (QED) is 0.883. The van der Waals surface area contributed by atoms with E-state index in [-0.39, 0.29) is 5.91 Å². The first kappa shape index (κ1) is 16.2. The molecule has 0 aliphatic heterocycles. The Morgan fingerprint density at radius 1 is 1.27 bits per heavy atom. The van der Waals surface area contributed by atoms with Crippen molar-refractivity contribution in [1.82, 2.24) is 10.3 Å². The van der Waals surface area contributed by atoms with E-state index in [2.05, 4.69) is 10.3 Å². The largest absolute Gasteiger partial charge is 0.481 e. The van der Waals surface area contributed by atoms with Gasteiger partial charge in [-0.25, -0.2) is 4.98 Å². The third kappa shape index (κ3) is 4.66. The van der Waals surface area contributed by atoms with Gasteiger partial charge in [-0.05, 0) is 23.3 Å². The van der Waals surface area contributed by atoms with E-state index in [0.717, 1.165) is 11.1 Å². The van der Waals surface area contributed by atoms with Crippen LogP contribution in [0.25, 0.3) is 0 Å². The molecular weight excluding hydrogens is 300 g/mol. The Hall–Kier alpha value is -2.21. The summed E-state index contributed by atoms with van der Waals surface area (Å²) in [6.45, 7) is 0.389. The predicted octanol–water partition coefficient (Wildman–Crippen LogP) is 1.90. The van der Waals surface area contributed by atoms with Crippen molar-refractivity contribution in [2.24, 2.45) is 0 Å². The molecule has 0 radical (unpaired) electrons. The molecule has 0 aliphatic rings. The van der Waals surface area contributed by atoms with Crippen molar-refractivity contribution in [3.8, 4) is 5.88 Å². The lowest BCUT2D eigenvalue weighted by molar-refractivity contribution is 0.0951. The molecular formula is C16H18N2O3S. The molecule has 1 atom stereocenters. The monoisotopic (exact) mass is 318 g/mol. The Kier molecular flexibility index (Phi) is 5.66. The van der Waals surface area contributed by atoms with Gasteiger partial charge in [0, 0.05) is 47.2 Å². The maximum atomic E-state index is 12.1. The summed E-state index contributed by atoms with van der Waals surface area (Å²) < 4.78 is 16.2. The molecule has 6 heteroatoms. The molecule has 0 unspecified atom stereocenters. The lowest BCUT2D eigenvalue weighted by Gasteiger charge is -2.07. The van der Waals surface area contributed by atoms with Crippen LogP contribution in [0.5, 0.6) is 5.88 Å². The molecule has 5 nitrogen and oxygen atoms in total. The molecule has 2 rings (SSSR count). The van der Waals surface area contributed by atoms with Crippen molar-refractivity contribution in [2.75, 3.05) is 13.4 Å². The zero-order chi connectivity index (χ0) is 15.9. The van der Waals surface area contributed by atoms with Crippen molar-refractivity contribution in [3.63, 3.8) is 0 Å². The lowest BCUT2D eigenvalue weighted by atomic mass is 10.1. The van der Waals surface area contributed by atoms with E-state index < -0.39 is 10.8 Å². The van der Waals surface area contributed by atoms with E-state index in [1.54, 1.807) is 43.8 Å². The highest BCUT2D eigenvalue weighted by Crippen LogP contribution is 2.09. The van der Waals surface area contributed by atoms with Crippen LogP contribution in [0.4, 0.5) is 0 Å². The second kappa shape index (κ2) is 7.70. The van der Waals surface area contributed by atoms with Gasteiger partial charge in [-0.2, -0.15) is 0 Å². The van der Waals surface area contributed by atoms with Crippen molar-refractivity contribution < 1.29 is 13.7 Å². The number of pyridine rings is 1. The molecule has 0 saturated carbocycles. The van der Waals surface area contributed by atoms with Gasteiger partial charge in [0.05, 0.1) is 7.11 Å². The number of benzene rings is 1. The van der Waals surface area contributed by atoms with E-state index >= 15 is 0 Å². The first-order valence-corrected chi connectivity index (χ1v) is 8.47. The number of nitrogens with zero attached hydrogens (tertiary/aromatic N) is 1. The normalized spacial score (nSPS) is 11.7. The number of aromatic nitrogens is 1. The standard InChI is InChI=1S/C16H18N2O3S/c1-21-15-7-6-13(9-17-15)10-18-16(19)14-5-3-4-12(8-14)11-22(2)20/h3-9H,10-11H2,1-2H3,(H,18,19)/t22-/m1/s1.